The molecule has 2 aromatic rings. The molecule has 4 rings (SSSR count). The van der Waals surface area contributed by atoms with Crippen molar-refractivity contribution in [2.24, 2.45) is 5.92 Å². The summed E-state index contributed by atoms with van der Waals surface area (Å²) in [5.41, 5.74) is -0.336. The van der Waals surface area contributed by atoms with Crippen LogP contribution < -0.4 is 0 Å². The first kappa shape index (κ1) is 20.4. The minimum absolute atomic E-state index is 0.262. The van der Waals surface area contributed by atoms with Crippen molar-refractivity contribution in [3.8, 4) is 0 Å². The van der Waals surface area contributed by atoms with Gasteiger partial charge in [-0.15, -0.1) is 0 Å². The van der Waals surface area contributed by atoms with E-state index in [1.54, 1.807) is 0 Å². The van der Waals surface area contributed by atoms with E-state index in [4.69, 9.17) is 9.26 Å². The van der Waals surface area contributed by atoms with Crippen LogP contribution in [0.5, 0.6) is 0 Å². The number of hydrogen-bond acceptors (Lipinski definition) is 6. The summed E-state index contributed by atoms with van der Waals surface area (Å²) in [5.74, 6) is 1.02. The molecule has 0 radical (unpaired) electrons. The van der Waals surface area contributed by atoms with Crippen molar-refractivity contribution in [1.82, 2.24) is 14.4 Å². The van der Waals surface area contributed by atoms with Gasteiger partial charge in [0.15, 0.2) is 5.82 Å². The van der Waals surface area contributed by atoms with E-state index in [9.17, 15) is 12.8 Å². The summed E-state index contributed by atoms with van der Waals surface area (Å²) in [6, 6.07) is 5.52. The third-order valence-electron chi connectivity index (χ3n) is 5.97. The fourth-order valence-corrected chi connectivity index (χ4v) is 5.85. The van der Waals surface area contributed by atoms with Crippen LogP contribution in [0.4, 0.5) is 4.39 Å². The Morgan fingerprint density at radius 2 is 2.03 bits per heavy atom. The van der Waals surface area contributed by atoms with Gasteiger partial charge in [0.2, 0.25) is 15.9 Å². The zero-order chi connectivity index (χ0) is 20.5. The second-order valence-electron chi connectivity index (χ2n) is 7.89. The molecule has 29 heavy (non-hydrogen) atoms. The Kier molecular flexibility index (Phi) is 5.72. The highest BCUT2D eigenvalue weighted by atomic mass is 32.2. The van der Waals surface area contributed by atoms with Crippen LogP contribution in [-0.4, -0.2) is 48.2 Å². The van der Waals surface area contributed by atoms with Gasteiger partial charge < -0.3 is 9.26 Å². The Hall–Kier alpha value is -1.84. The Bertz CT molecular complexity index is 954. The Morgan fingerprint density at radius 3 is 2.72 bits per heavy atom. The maximum absolute atomic E-state index is 14.0. The van der Waals surface area contributed by atoms with Crippen LogP contribution in [0.15, 0.2) is 33.7 Å². The second kappa shape index (κ2) is 8.12. The maximum atomic E-state index is 14.0. The van der Waals surface area contributed by atoms with Crippen LogP contribution in [0.1, 0.15) is 44.3 Å². The first-order valence-corrected chi connectivity index (χ1v) is 11.6. The van der Waals surface area contributed by atoms with E-state index in [1.165, 1.54) is 28.6 Å². The molecule has 0 bridgehead atoms. The van der Waals surface area contributed by atoms with Crippen LogP contribution in [0.25, 0.3) is 0 Å². The lowest BCUT2D eigenvalue weighted by Crippen LogP contribution is -2.51. The van der Waals surface area contributed by atoms with Crippen LogP contribution in [0.2, 0.25) is 0 Å². The van der Waals surface area contributed by atoms with Gasteiger partial charge in [-0.1, -0.05) is 24.2 Å². The molecule has 1 atom stereocenters. The lowest BCUT2D eigenvalue weighted by atomic mass is 9.79. The van der Waals surface area contributed by atoms with Crippen molar-refractivity contribution >= 4 is 10.0 Å². The summed E-state index contributed by atoms with van der Waals surface area (Å²) < 4.78 is 52.5. The molecule has 2 saturated heterocycles. The summed E-state index contributed by atoms with van der Waals surface area (Å²) in [6.07, 6.45) is 4.42. The number of sulfonamides is 1. The van der Waals surface area contributed by atoms with Gasteiger partial charge in [-0.3, -0.25) is 0 Å². The van der Waals surface area contributed by atoms with Crippen molar-refractivity contribution in [2.75, 3.05) is 19.7 Å². The van der Waals surface area contributed by atoms with Crippen LogP contribution in [0, 0.1) is 11.7 Å². The van der Waals surface area contributed by atoms with Crippen LogP contribution >= 0.6 is 0 Å². The fraction of sp³-hybridized carbons (Fsp3) is 0.600. The van der Waals surface area contributed by atoms with E-state index in [-0.39, 0.29) is 10.5 Å². The molecule has 0 N–H and O–H groups in total. The lowest BCUT2D eigenvalue weighted by molar-refractivity contribution is -0.121. The molecule has 7 nitrogen and oxygen atoms in total. The first-order valence-electron chi connectivity index (χ1n) is 10.1. The van der Waals surface area contributed by atoms with Crippen molar-refractivity contribution in [1.29, 1.82) is 0 Å². The van der Waals surface area contributed by atoms with Gasteiger partial charge in [0.25, 0.3) is 0 Å². The molecule has 2 aliphatic rings. The predicted octanol–water partition coefficient (Wildman–Crippen LogP) is 2.96. The number of nitrogens with zero attached hydrogens (tertiary/aromatic N) is 3. The second-order valence-corrected chi connectivity index (χ2v) is 9.79. The number of rotatable bonds is 5. The summed E-state index contributed by atoms with van der Waals surface area (Å²) in [7, 11) is -3.84. The largest absolute Gasteiger partial charge is 0.375 e. The normalized spacial score (nSPS) is 22.8. The standard InChI is InChI=1S/C20H26FN3O4S/c1-2-18-22-19(28-23-18)13-15-7-12-27-20(14-15)8-10-24(11-9-20)29(25,26)17-6-4-3-5-16(17)21/h3-6,15H,2,7-14H2,1H3. The highest BCUT2D eigenvalue weighted by Gasteiger charge is 2.43. The molecule has 1 aromatic heterocycles. The number of piperidine rings is 1. The number of halogens is 1. The van der Waals surface area contributed by atoms with E-state index in [0.717, 1.165) is 25.7 Å². The number of hydrogen-bond donors (Lipinski definition) is 0. The molecule has 2 aliphatic heterocycles. The van der Waals surface area contributed by atoms with E-state index >= 15 is 0 Å². The van der Waals surface area contributed by atoms with E-state index in [0.29, 0.717) is 50.2 Å². The van der Waals surface area contributed by atoms with Crippen LogP contribution in [-0.2, 0) is 27.6 Å². The lowest BCUT2D eigenvalue weighted by Gasteiger charge is -2.45. The summed E-state index contributed by atoms with van der Waals surface area (Å²) in [6.45, 7) is 3.27. The monoisotopic (exact) mass is 423 g/mol. The van der Waals surface area contributed by atoms with Gasteiger partial charge >= 0.3 is 0 Å². The molecular formula is C20H26FN3O4S. The average Bonchev–Trinajstić information content (AvgIpc) is 3.16. The quantitative estimate of drug-likeness (QED) is 0.735. The highest BCUT2D eigenvalue weighted by Crippen LogP contribution is 2.39. The summed E-state index contributed by atoms with van der Waals surface area (Å²) >= 11 is 0. The minimum Gasteiger partial charge on any atom is -0.375 e. The number of aromatic nitrogens is 2. The Balaban J connectivity index is 1.41. The van der Waals surface area contributed by atoms with Gasteiger partial charge in [0, 0.05) is 32.5 Å². The maximum Gasteiger partial charge on any atom is 0.245 e. The molecule has 1 unspecified atom stereocenters. The van der Waals surface area contributed by atoms with Crippen molar-refractivity contribution < 1.29 is 22.1 Å². The molecular weight excluding hydrogens is 397 g/mol. The van der Waals surface area contributed by atoms with Crippen LogP contribution in [0.3, 0.4) is 0 Å². The van der Waals surface area contributed by atoms with Crippen molar-refractivity contribution in [3.63, 3.8) is 0 Å². The topological polar surface area (TPSA) is 85.5 Å². The third kappa shape index (κ3) is 4.22. The van der Waals surface area contributed by atoms with Gasteiger partial charge in [-0.25, -0.2) is 12.8 Å². The molecule has 0 aliphatic carbocycles. The van der Waals surface area contributed by atoms with Crippen molar-refractivity contribution in [3.05, 3.63) is 41.8 Å². The van der Waals surface area contributed by atoms with E-state index < -0.39 is 15.8 Å². The molecule has 0 saturated carbocycles. The third-order valence-corrected chi connectivity index (χ3v) is 7.90. The molecule has 158 valence electrons. The number of aryl methyl sites for hydroxylation is 1. The molecule has 9 heteroatoms. The molecule has 3 heterocycles. The van der Waals surface area contributed by atoms with Crippen molar-refractivity contribution in [2.45, 2.75) is 55.9 Å². The van der Waals surface area contributed by atoms with Gasteiger partial charge in [0.1, 0.15) is 10.7 Å². The summed E-state index contributed by atoms with van der Waals surface area (Å²) in [4.78, 5) is 4.14. The molecule has 1 aromatic carbocycles. The Morgan fingerprint density at radius 1 is 1.28 bits per heavy atom. The van der Waals surface area contributed by atoms with Gasteiger partial charge in [-0.2, -0.15) is 9.29 Å². The fourth-order valence-electron chi connectivity index (χ4n) is 4.34. The summed E-state index contributed by atoms with van der Waals surface area (Å²) in [5, 5.41) is 3.96. The Labute approximate surface area is 170 Å². The number of ether oxygens (including phenoxy) is 1. The SMILES string of the molecule is CCc1noc(CC2CCOC3(CCN(S(=O)(=O)c4ccccc4F)CC3)C2)n1. The molecule has 1 spiro atoms. The smallest absolute Gasteiger partial charge is 0.245 e. The van der Waals surface area contributed by atoms with E-state index in [2.05, 4.69) is 10.1 Å². The first-order chi connectivity index (χ1) is 13.9. The molecule has 2 fully saturated rings. The average molecular weight is 424 g/mol. The highest BCUT2D eigenvalue weighted by molar-refractivity contribution is 7.89. The van der Waals surface area contributed by atoms with Gasteiger partial charge in [0.05, 0.1) is 5.60 Å². The minimum atomic E-state index is -3.84. The predicted molar refractivity (Wildman–Crippen MR) is 103 cm³/mol. The molecule has 0 amide bonds. The number of benzene rings is 1. The van der Waals surface area contributed by atoms with Gasteiger partial charge in [-0.05, 0) is 43.7 Å². The zero-order valence-electron chi connectivity index (χ0n) is 16.5. The zero-order valence-corrected chi connectivity index (χ0v) is 17.3. The van der Waals surface area contributed by atoms with E-state index in [1.807, 2.05) is 6.92 Å².